The second-order valence-electron chi connectivity index (χ2n) is 6.43. The lowest BCUT2D eigenvalue weighted by Crippen LogP contribution is -2.13. The Hall–Kier alpha value is -1.25. The Bertz CT molecular complexity index is 495. The van der Waals surface area contributed by atoms with Gasteiger partial charge in [-0.15, -0.1) is 0 Å². The number of benzene rings is 1. The standard InChI is InChI=1S/C19H25F3/c1-2-3-4-5-14-6-8-15(9-7-14)16-10-11-17(13-19(21)22)18(20)12-16/h10-15H,2-9H2,1H3. The fraction of sp³-hybridized carbons (Fsp3) is 0.579. The van der Waals surface area contributed by atoms with Crippen LogP contribution in [0.5, 0.6) is 0 Å². The van der Waals surface area contributed by atoms with Crippen LogP contribution in [-0.2, 0) is 0 Å². The van der Waals surface area contributed by atoms with Gasteiger partial charge in [0.15, 0.2) is 0 Å². The van der Waals surface area contributed by atoms with Crippen molar-refractivity contribution in [3.63, 3.8) is 0 Å². The molecule has 0 unspecified atom stereocenters. The van der Waals surface area contributed by atoms with E-state index < -0.39 is 11.9 Å². The van der Waals surface area contributed by atoms with Gasteiger partial charge in [-0.2, -0.15) is 8.78 Å². The minimum atomic E-state index is -1.86. The van der Waals surface area contributed by atoms with Gasteiger partial charge in [0.05, 0.1) is 0 Å². The Kier molecular flexibility index (Phi) is 6.53. The molecule has 0 N–H and O–H groups in total. The molecule has 0 atom stereocenters. The highest BCUT2D eigenvalue weighted by molar-refractivity contribution is 5.51. The van der Waals surface area contributed by atoms with E-state index >= 15 is 0 Å². The van der Waals surface area contributed by atoms with Crippen LogP contribution in [0.3, 0.4) is 0 Å². The molecule has 1 aromatic carbocycles. The topological polar surface area (TPSA) is 0 Å². The summed E-state index contributed by atoms with van der Waals surface area (Å²) in [6.45, 7) is 2.22. The molecule has 0 aromatic heterocycles. The Morgan fingerprint density at radius 1 is 1.14 bits per heavy atom. The Labute approximate surface area is 131 Å². The lowest BCUT2D eigenvalue weighted by atomic mass is 9.77. The molecule has 22 heavy (non-hydrogen) atoms. The summed E-state index contributed by atoms with van der Waals surface area (Å²) in [5.41, 5.74) is 0.929. The van der Waals surface area contributed by atoms with Crippen molar-refractivity contribution in [3.05, 3.63) is 41.2 Å². The second-order valence-corrected chi connectivity index (χ2v) is 6.43. The van der Waals surface area contributed by atoms with Crippen LogP contribution in [0.2, 0.25) is 0 Å². The van der Waals surface area contributed by atoms with Crippen molar-refractivity contribution >= 4 is 6.08 Å². The van der Waals surface area contributed by atoms with E-state index in [4.69, 9.17) is 0 Å². The smallest absolute Gasteiger partial charge is 0.206 e. The summed E-state index contributed by atoms with van der Waals surface area (Å²) in [5, 5.41) is 0. The molecule has 0 spiro atoms. The summed E-state index contributed by atoms with van der Waals surface area (Å²) in [5.74, 6) is 0.649. The van der Waals surface area contributed by atoms with Crippen molar-refractivity contribution in [2.24, 2.45) is 5.92 Å². The first-order valence-corrected chi connectivity index (χ1v) is 8.42. The van der Waals surface area contributed by atoms with Gasteiger partial charge >= 0.3 is 0 Å². The maximum absolute atomic E-state index is 13.9. The number of hydrogen-bond donors (Lipinski definition) is 0. The zero-order valence-corrected chi connectivity index (χ0v) is 13.3. The van der Waals surface area contributed by atoms with Crippen LogP contribution in [0.1, 0.15) is 75.3 Å². The summed E-state index contributed by atoms with van der Waals surface area (Å²) in [7, 11) is 0. The lowest BCUT2D eigenvalue weighted by Gasteiger charge is -2.29. The van der Waals surface area contributed by atoms with Crippen LogP contribution in [0.15, 0.2) is 24.3 Å². The van der Waals surface area contributed by atoms with Gasteiger partial charge in [0.25, 0.3) is 6.08 Å². The third kappa shape index (κ3) is 4.89. The predicted octanol–water partition coefficient (Wildman–Crippen LogP) is 6.92. The minimum Gasteiger partial charge on any atom is -0.206 e. The molecular weight excluding hydrogens is 285 g/mol. The van der Waals surface area contributed by atoms with Crippen molar-refractivity contribution in [2.75, 3.05) is 0 Å². The molecule has 0 nitrogen and oxygen atoms in total. The van der Waals surface area contributed by atoms with E-state index in [1.165, 1.54) is 50.7 Å². The molecule has 122 valence electrons. The van der Waals surface area contributed by atoms with E-state index in [2.05, 4.69) is 6.92 Å². The lowest BCUT2D eigenvalue weighted by molar-refractivity contribution is 0.302. The Balaban J connectivity index is 1.91. The van der Waals surface area contributed by atoms with Crippen LogP contribution in [0.25, 0.3) is 6.08 Å². The van der Waals surface area contributed by atoms with E-state index in [9.17, 15) is 13.2 Å². The molecule has 2 rings (SSSR count). The first kappa shape index (κ1) is 17.1. The van der Waals surface area contributed by atoms with Crippen molar-refractivity contribution in [3.8, 4) is 0 Å². The minimum absolute atomic E-state index is 0.0306. The first-order valence-electron chi connectivity index (χ1n) is 8.42. The molecular formula is C19H25F3. The van der Waals surface area contributed by atoms with Gasteiger partial charge in [0, 0.05) is 11.6 Å². The molecule has 0 heterocycles. The Morgan fingerprint density at radius 2 is 1.86 bits per heavy atom. The SMILES string of the molecule is CCCCCC1CCC(c2ccc(C=C(F)F)c(F)c2)CC1. The molecule has 0 bridgehead atoms. The summed E-state index contributed by atoms with van der Waals surface area (Å²) in [4.78, 5) is 0. The van der Waals surface area contributed by atoms with Gasteiger partial charge in [0.2, 0.25) is 0 Å². The third-order valence-electron chi connectivity index (χ3n) is 4.82. The number of unbranched alkanes of at least 4 members (excludes halogenated alkanes) is 2. The van der Waals surface area contributed by atoms with Gasteiger partial charge in [0.1, 0.15) is 5.82 Å². The molecule has 1 fully saturated rings. The van der Waals surface area contributed by atoms with Gasteiger partial charge in [-0.05, 0) is 49.1 Å². The molecule has 1 aliphatic carbocycles. The quantitative estimate of drug-likeness (QED) is 0.500. The molecule has 1 saturated carbocycles. The fourth-order valence-electron chi connectivity index (χ4n) is 3.50. The molecule has 0 saturated heterocycles. The van der Waals surface area contributed by atoms with Gasteiger partial charge in [-0.1, -0.05) is 44.7 Å². The zero-order valence-electron chi connectivity index (χ0n) is 13.3. The van der Waals surface area contributed by atoms with Crippen LogP contribution in [0.4, 0.5) is 13.2 Å². The molecule has 3 heteroatoms. The van der Waals surface area contributed by atoms with Gasteiger partial charge in [-0.25, -0.2) is 4.39 Å². The predicted molar refractivity (Wildman–Crippen MR) is 85.4 cm³/mol. The van der Waals surface area contributed by atoms with Crippen LogP contribution >= 0.6 is 0 Å². The molecule has 0 amide bonds. The summed E-state index contributed by atoms with van der Waals surface area (Å²) in [6, 6.07) is 4.72. The van der Waals surface area contributed by atoms with E-state index in [-0.39, 0.29) is 5.56 Å². The summed E-state index contributed by atoms with van der Waals surface area (Å²) >= 11 is 0. The van der Waals surface area contributed by atoms with Crippen molar-refractivity contribution in [1.82, 2.24) is 0 Å². The summed E-state index contributed by atoms with van der Waals surface area (Å²) < 4.78 is 38.3. The van der Waals surface area contributed by atoms with E-state index in [0.29, 0.717) is 12.0 Å². The maximum Gasteiger partial charge on any atom is 0.271 e. The highest BCUT2D eigenvalue weighted by Gasteiger charge is 2.22. The molecule has 0 aliphatic heterocycles. The molecule has 1 aliphatic rings. The van der Waals surface area contributed by atoms with E-state index in [1.54, 1.807) is 6.07 Å². The van der Waals surface area contributed by atoms with E-state index in [1.807, 2.05) is 0 Å². The van der Waals surface area contributed by atoms with Crippen LogP contribution in [-0.4, -0.2) is 0 Å². The normalized spacial score (nSPS) is 21.6. The third-order valence-corrected chi connectivity index (χ3v) is 4.82. The first-order chi connectivity index (χ1) is 10.6. The summed E-state index contributed by atoms with van der Waals surface area (Å²) in [6.07, 6.45) is 8.51. The fourth-order valence-corrected chi connectivity index (χ4v) is 3.50. The Morgan fingerprint density at radius 3 is 2.45 bits per heavy atom. The van der Waals surface area contributed by atoms with Crippen molar-refractivity contribution in [1.29, 1.82) is 0 Å². The highest BCUT2D eigenvalue weighted by atomic mass is 19.3. The van der Waals surface area contributed by atoms with Gasteiger partial charge in [-0.3, -0.25) is 0 Å². The zero-order chi connectivity index (χ0) is 15.9. The maximum atomic E-state index is 13.9. The van der Waals surface area contributed by atoms with Crippen molar-refractivity contribution in [2.45, 2.75) is 64.2 Å². The second kappa shape index (κ2) is 8.40. The molecule has 0 radical (unpaired) electrons. The van der Waals surface area contributed by atoms with Crippen LogP contribution in [0, 0.1) is 11.7 Å². The molecule has 1 aromatic rings. The largest absolute Gasteiger partial charge is 0.271 e. The number of halogens is 3. The van der Waals surface area contributed by atoms with Crippen molar-refractivity contribution < 1.29 is 13.2 Å². The highest BCUT2D eigenvalue weighted by Crippen LogP contribution is 2.38. The monoisotopic (exact) mass is 310 g/mol. The van der Waals surface area contributed by atoms with E-state index in [0.717, 1.165) is 24.3 Å². The van der Waals surface area contributed by atoms with Crippen LogP contribution < -0.4 is 0 Å². The van der Waals surface area contributed by atoms with Gasteiger partial charge < -0.3 is 0 Å². The number of rotatable bonds is 6. The number of hydrogen-bond acceptors (Lipinski definition) is 0. The average Bonchev–Trinajstić information content (AvgIpc) is 2.50. The average molecular weight is 310 g/mol.